The Bertz CT molecular complexity index is 176. The number of hydrogen-bond acceptors (Lipinski definition) is 2. The van der Waals surface area contributed by atoms with Crippen molar-refractivity contribution in [2.24, 2.45) is 5.18 Å². The van der Waals surface area contributed by atoms with E-state index in [1.54, 1.807) is 24.3 Å². The Morgan fingerprint density at radius 3 is 2.22 bits per heavy atom. The van der Waals surface area contributed by atoms with E-state index < -0.39 is 0 Å². The molecule has 0 fully saturated rings. The normalized spacial score (nSPS) is 7.56. The third-order valence-corrected chi connectivity index (χ3v) is 0.806. The van der Waals surface area contributed by atoms with Crippen LogP contribution in [0, 0.1) is 11.0 Å². The first-order chi connectivity index (χ1) is 3.93. The zero-order valence-corrected chi connectivity index (χ0v) is 10.4. The fraction of sp³-hybridized carbons (Fsp3) is 0. The molecule has 1 aromatic carbocycles. The van der Waals surface area contributed by atoms with Gasteiger partial charge in [0.2, 0.25) is 0 Å². The zero-order valence-electron chi connectivity index (χ0n) is 4.87. The predicted molar refractivity (Wildman–Crippen MR) is 40.7 cm³/mol. The SMILES string of the molecule is O=Nc1cc[c]cc1.[BiH3]. The number of hydrogen-bond donors (Lipinski definition) is 0. The summed E-state index contributed by atoms with van der Waals surface area (Å²) < 4.78 is 0. The van der Waals surface area contributed by atoms with Crippen LogP contribution >= 0.6 is 0 Å². The summed E-state index contributed by atoms with van der Waals surface area (Å²) in [5.41, 5.74) is 0.448. The Labute approximate surface area is 72.4 Å². The molecule has 9 heavy (non-hydrogen) atoms. The number of nitrogens with zero attached hydrogens (tertiary/aromatic N) is 1. The molecule has 0 aliphatic heterocycles. The summed E-state index contributed by atoms with van der Waals surface area (Å²) in [6, 6.07) is 9.28. The van der Waals surface area contributed by atoms with Crippen LogP contribution < -0.4 is 0 Å². The predicted octanol–water partition coefficient (Wildman–Crippen LogP) is 0.701. The van der Waals surface area contributed by atoms with Crippen molar-refractivity contribution in [2.45, 2.75) is 0 Å². The van der Waals surface area contributed by atoms with E-state index in [0.717, 1.165) is 0 Å². The van der Waals surface area contributed by atoms with E-state index in [2.05, 4.69) is 11.2 Å². The molecule has 1 aromatic rings. The molecule has 0 saturated heterocycles. The quantitative estimate of drug-likeness (QED) is 0.554. The van der Waals surface area contributed by atoms with Crippen LogP contribution in [0.25, 0.3) is 0 Å². The molecule has 0 atom stereocenters. The van der Waals surface area contributed by atoms with Crippen LogP contribution in [-0.4, -0.2) is 26.2 Å². The van der Waals surface area contributed by atoms with Crippen LogP contribution in [-0.2, 0) is 0 Å². The van der Waals surface area contributed by atoms with Crippen molar-refractivity contribution in [2.75, 3.05) is 0 Å². The molecule has 0 amide bonds. The van der Waals surface area contributed by atoms with Crippen molar-refractivity contribution in [3.05, 3.63) is 35.2 Å². The molecule has 3 heteroatoms. The summed E-state index contributed by atoms with van der Waals surface area (Å²) >= 11 is 0. The second-order valence-electron chi connectivity index (χ2n) is 1.35. The molecule has 0 aliphatic carbocycles. The van der Waals surface area contributed by atoms with Crippen molar-refractivity contribution < 1.29 is 0 Å². The minimum absolute atomic E-state index is 0. The van der Waals surface area contributed by atoms with Gasteiger partial charge >= 0.3 is 26.2 Å². The van der Waals surface area contributed by atoms with Gasteiger partial charge in [0.05, 0.1) is 0 Å². The van der Waals surface area contributed by atoms with E-state index in [1.807, 2.05) is 0 Å². The maximum atomic E-state index is 9.74. The van der Waals surface area contributed by atoms with Gasteiger partial charge in [-0.2, -0.15) is 0 Å². The monoisotopic (exact) mass is 318 g/mol. The summed E-state index contributed by atoms with van der Waals surface area (Å²) in [6.45, 7) is 0. The van der Waals surface area contributed by atoms with Crippen molar-refractivity contribution >= 4 is 31.9 Å². The summed E-state index contributed by atoms with van der Waals surface area (Å²) in [5, 5.41) is 2.70. The molecule has 1 rings (SSSR count). The summed E-state index contributed by atoms with van der Waals surface area (Å²) in [4.78, 5) is 9.74. The molecule has 0 heterocycles. The fourth-order valence-corrected chi connectivity index (χ4v) is 0.439. The topological polar surface area (TPSA) is 29.4 Å². The van der Waals surface area contributed by atoms with Gasteiger partial charge in [-0.25, -0.2) is 0 Å². The molecule has 0 N–H and O–H groups in total. The first-order valence-electron chi connectivity index (χ1n) is 2.23. The van der Waals surface area contributed by atoms with Crippen LogP contribution in [0.4, 0.5) is 5.69 Å². The molecule has 0 unspecified atom stereocenters. The molecule has 0 aliphatic rings. The van der Waals surface area contributed by atoms with Gasteiger partial charge in [-0.15, -0.1) is 4.91 Å². The van der Waals surface area contributed by atoms with Crippen LogP contribution in [0.15, 0.2) is 29.4 Å². The van der Waals surface area contributed by atoms with Crippen LogP contribution in [0.3, 0.4) is 0 Å². The molecule has 1 radical (unpaired) electrons. The maximum absolute atomic E-state index is 9.74. The fourth-order valence-electron chi connectivity index (χ4n) is 0.439. The number of rotatable bonds is 1. The van der Waals surface area contributed by atoms with Crippen LogP contribution in [0.5, 0.6) is 0 Å². The zero-order chi connectivity index (χ0) is 5.82. The van der Waals surface area contributed by atoms with Gasteiger partial charge in [-0.1, -0.05) is 12.1 Å². The van der Waals surface area contributed by atoms with Gasteiger partial charge in [0, 0.05) is 0 Å². The van der Waals surface area contributed by atoms with Gasteiger partial charge in [0.1, 0.15) is 5.69 Å². The third kappa shape index (κ3) is 2.66. The van der Waals surface area contributed by atoms with E-state index in [9.17, 15) is 4.91 Å². The first-order valence-corrected chi connectivity index (χ1v) is 2.23. The second kappa shape index (κ2) is 4.57. The van der Waals surface area contributed by atoms with Crippen molar-refractivity contribution in [3.8, 4) is 0 Å². The van der Waals surface area contributed by atoms with Crippen molar-refractivity contribution in [1.29, 1.82) is 0 Å². The number of benzene rings is 1. The second-order valence-corrected chi connectivity index (χ2v) is 1.35. The van der Waals surface area contributed by atoms with Crippen LogP contribution in [0.2, 0.25) is 0 Å². The molecule has 0 saturated carbocycles. The molecule has 2 nitrogen and oxygen atoms in total. The number of nitroso groups, excluding NO2 is 1. The average molecular weight is 318 g/mol. The van der Waals surface area contributed by atoms with Crippen molar-refractivity contribution in [1.82, 2.24) is 0 Å². The van der Waals surface area contributed by atoms with E-state index in [1.165, 1.54) is 0 Å². The van der Waals surface area contributed by atoms with E-state index in [4.69, 9.17) is 0 Å². The van der Waals surface area contributed by atoms with Gasteiger partial charge in [0.25, 0.3) is 0 Å². The summed E-state index contributed by atoms with van der Waals surface area (Å²) in [5.74, 6) is 0. The molecule has 47 valence electrons. The summed E-state index contributed by atoms with van der Waals surface area (Å²) in [6.07, 6.45) is 0. The van der Waals surface area contributed by atoms with E-state index in [0.29, 0.717) is 5.69 Å². The Balaban J connectivity index is 0.000000640. The van der Waals surface area contributed by atoms with Gasteiger partial charge in [-0.3, -0.25) is 0 Å². The first kappa shape index (κ1) is 8.70. The molecular weight excluding hydrogens is 311 g/mol. The van der Waals surface area contributed by atoms with E-state index in [-0.39, 0.29) is 26.2 Å². The van der Waals surface area contributed by atoms with Gasteiger partial charge in [0.15, 0.2) is 0 Å². The van der Waals surface area contributed by atoms with Gasteiger partial charge in [-0.05, 0) is 23.4 Å². The summed E-state index contributed by atoms with van der Waals surface area (Å²) in [7, 11) is 0. The molecule has 0 bridgehead atoms. The van der Waals surface area contributed by atoms with Crippen molar-refractivity contribution in [3.63, 3.8) is 0 Å². The van der Waals surface area contributed by atoms with E-state index >= 15 is 0 Å². The van der Waals surface area contributed by atoms with Crippen LogP contribution in [0.1, 0.15) is 0 Å². The average Bonchev–Trinajstić information content (AvgIpc) is 1.90. The standard InChI is InChI=1S/C6H4NO.Bi.3H/c8-7-6-4-2-1-3-5-6;;;;/h2-5H;;;;. The minimum atomic E-state index is 0. The third-order valence-electron chi connectivity index (χ3n) is 0.806. The Morgan fingerprint density at radius 2 is 1.89 bits per heavy atom. The molecule has 0 aromatic heterocycles. The Kier molecular flexibility index (Phi) is 4.42. The molecular formula is C6H7BiNO. The Hall–Kier alpha value is -0.297. The molecule has 0 spiro atoms. The van der Waals surface area contributed by atoms with Gasteiger partial charge < -0.3 is 0 Å². The Morgan fingerprint density at radius 1 is 1.33 bits per heavy atom.